The summed E-state index contributed by atoms with van der Waals surface area (Å²) in [5.74, 6) is 1.39. The fraction of sp³-hybridized carbons (Fsp3) is 0.381. The third kappa shape index (κ3) is 3.71. The van der Waals surface area contributed by atoms with E-state index in [4.69, 9.17) is 9.52 Å². The summed E-state index contributed by atoms with van der Waals surface area (Å²) in [5, 5.41) is 4.84. The summed E-state index contributed by atoms with van der Waals surface area (Å²) in [5.41, 5.74) is 4.12. The normalized spacial score (nSPS) is 13.8. The number of oxazole rings is 1. The molecule has 0 radical (unpaired) electrons. The Morgan fingerprint density at radius 3 is 2.71 bits per heavy atom. The fourth-order valence-corrected chi connectivity index (χ4v) is 3.60. The second-order valence-electron chi connectivity index (χ2n) is 7.50. The summed E-state index contributed by atoms with van der Waals surface area (Å²) < 4.78 is 7.80. The van der Waals surface area contributed by atoms with E-state index in [1.54, 1.807) is 6.20 Å². The minimum Gasteiger partial charge on any atom is -0.440 e. The van der Waals surface area contributed by atoms with Crippen LogP contribution in [0.5, 0.6) is 0 Å². The molecule has 146 valence electrons. The second kappa shape index (κ2) is 7.59. The first-order valence-electron chi connectivity index (χ1n) is 9.49. The topological polar surface area (TPSA) is 67.4 Å². The van der Waals surface area contributed by atoms with Crippen LogP contribution in [0, 0.1) is 6.92 Å². The van der Waals surface area contributed by atoms with E-state index < -0.39 is 0 Å². The first-order chi connectivity index (χ1) is 13.5. The molecule has 1 aliphatic rings. The van der Waals surface area contributed by atoms with Crippen molar-refractivity contribution in [2.75, 3.05) is 27.2 Å². The van der Waals surface area contributed by atoms with E-state index in [-0.39, 0.29) is 5.91 Å². The summed E-state index contributed by atoms with van der Waals surface area (Å²) in [7, 11) is 3.82. The largest absolute Gasteiger partial charge is 0.440 e. The number of carbonyl (C=O) groups is 1. The number of carbonyl (C=O) groups excluding carboxylic acids is 1. The maximum atomic E-state index is 12.6. The lowest BCUT2D eigenvalue weighted by molar-refractivity contribution is -0.132. The number of hydrogen-bond acceptors (Lipinski definition) is 5. The molecule has 4 rings (SSSR count). The van der Waals surface area contributed by atoms with E-state index in [0.717, 1.165) is 29.1 Å². The number of likely N-dealkylation sites (N-methyl/N-ethyl adjacent to an activating group) is 1. The summed E-state index contributed by atoms with van der Waals surface area (Å²) in [6, 6.07) is 10.3. The Bertz CT molecular complexity index is 974. The van der Waals surface area contributed by atoms with Gasteiger partial charge in [0, 0.05) is 30.8 Å². The zero-order valence-electron chi connectivity index (χ0n) is 16.6. The monoisotopic (exact) mass is 379 g/mol. The molecule has 0 unspecified atom stereocenters. The highest BCUT2D eigenvalue weighted by atomic mass is 16.4. The van der Waals surface area contributed by atoms with Gasteiger partial charge in [-0.1, -0.05) is 30.3 Å². The zero-order chi connectivity index (χ0) is 19.7. The molecule has 1 aliphatic heterocycles. The van der Waals surface area contributed by atoms with Crippen LogP contribution in [0.3, 0.4) is 0 Å². The highest BCUT2D eigenvalue weighted by Gasteiger charge is 2.29. The fourth-order valence-electron chi connectivity index (χ4n) is 3.60. The second-order valence-corrected chi connectivity index (χ2v) is 7.50. The van der Waals surface area contributed by atoms with Gasteiger partial charge in [0.05, 0.1) is 19.3 Å². The summed E-state index contributed by atoms with van der Waals surface area (Å²) >= 11 is 0. The molecular formula is C21H25N5O2. The third-order valence-corrected chi connectivity index (χ3v) is 4.94. The van der Waals surface area contributed by atoms with Crippen molar-refractivity contribution in [3.05, 3.63) is 59.1 Å². The van der Waals surface area contributed by atoms with Gasteiger partial charge in [-0.2, -0.15) is 5.10 Å². The van der Waals surface area contributed by atoms with Gasteiger partial charge in [0.25, 0.3) is 0 Å². The Balaban J connectivity index is 1.70. The number of aromatic nitrogens is 3. The summed E-state index contributed by atoms with van der Waals surface area (Å²) in [4.78, 5) is 20.8. The van der Waals surface area contributed by atoms with Gasteiger partial charge in [0.1, 0.15) is 5.76 Å². The Morgan fingerprint density at radius 2 is 2.04 bits per heavy atom. The number of amides is 1. The Morgan fingerprint density at radius 1 is 1.25 bits per heavy atom. The van der Waals surface area contributed by atoms with Gasteiger partial charge in [-0.3, -0.25) is 9.48 Å². The maximum Gasteiger partial charge on any atom is 0.247 e. The van der Waals surface area contributed by atoms with Crippen LogP contribution in [0.4, 0.5) is 0 Å². The summed E-state index contributed by atoms with van der Waals surface area (Å²) in [6.07, 6.45) is 2.48. The van der Waals surface area contributed by atoms with Crippen molar-refractivity contribution in [3.8, 4) is 11.6 Å². The van der Waals surface area contributed by atoms with Crippen LogP contribution in [0.1, 0.15) is 22.6 Å². The Kier molecular flexibility index (Phi) is 5.00. The van der Waals surface area contributed by atoms with Crippen molar-refractivity contribution in [2.24, 2.45) is 0 Å². The quantitative estimate of drug-likeness (QED) is 0.681. The molecular weight excluding hydrogens is 354 g/mol. The molecule has 0 N–H and O–H groups in total. The lowest BCUT2D eigenvalue weighted by Gasteiger charge is -2.28. The molecule has 0 spiro atoms. The minimum atomic E-state index is 0.126. The molecule has 2 aromatic heterocycles. The van der Waals surface area contributed by atoms with Crippen LogP contribution in [-0.4, -0.2) is 57.7 Å². The predicted molar refractivity (Wildman–Crippen MR) is 106 cm³/mol. The van der Waals surface area contributed by atoms with Crippen LogP contribution >= 0.6 is 0 Å². The van der Waals surface area contributed by atoms with Crippen molar-refractivity contribution < 1.29 is 9.21 Å². The molecule has 0 aliphatic carbocycles. The number of benzene rings is 1. The number of rotatable bonds is 5. The van der Waals surface area contributed by atoms with Crippen molar-refractivity contribution >= 4 is 5.91 Å². The first-order valence-corrected chi connectivity index (χ1v) is 9.49. The van der Waals surface area contributed by atoms with Crippen LogP contribution in [0.2, 0.25) is 0 Å². The van der Waals surface area contributed by atoms with E-state index in [0.29, 0.717) is 32.1 Å². The molecule has 0 atom stereocenters. The average Bonchev–Trinajstić information content (AvgIpc) is 3.25. The summed E-state index contributed by atoms with van der Waals surface area (Å²) in [6.45, 7) is 4.20. The van der Waals surface area contributed by atoms with Crippen molar-refractivity contribution in [2.45, 2.75) is 26.4 Å². The van der Waals surface area contributed by atoms with Crippen LogP contribution < -0.4 is 0 Å². The lowest BCUT2D eigenvalue weighted by atomic mass is 10.0. The van der Waals surface area contributed by atoms with Gasteiger partial charge in [0.15, 0.2) is 5.69 Å². The minimum absolute atomic E-state index is 0.126. The lowest BCUT2D eigenvalue weighted by Crippen LogP contribution is -2.41. The smallest absolute Gasteiger partial charge is 0.247 e. The molecule has 1 aromatic carbocycles. The molecule has 1 amide bonds. The molecule has 0 saturated heterocycles. The highest BCUT2D eigenvalue weighted by Crippen LogP contribution is 2.30. The van der Waals surface area contributed by atoms with Gasteiger partial charge in [0.2, 0.25) is 11.8 Å². The van der Waals surface area contributed by atoms with Gasteiger partial charge < -0.3 is 14.2 Å². The molecule has 0 bridgehead atoms. The molecule has 3 heterocycles. The van der Waals surface area contributed by atoms with E-state index in [2.05, 4.69) is 17.1 Å². The van der Waals surface area contributed by atoms with E-state index >= 15 is 0 Å². The first kappa shape index (κ1) is 18.4. The highest BCUT2D eigenvalue weighted by molar-refractivity contribution is 5.79. The molecule has 7 heteroatoms. The number of fused-ring (bicyclic) bond motifs is 1. The van der Waals surface area contributed by atoms with Crippen LogP contribution in [0.15, 0.2) is 40.9 Å². The van der Waals surface area contributed by atoms with Crippen molar-refractivity contribution in [3.63, 3.8) is 0 Å². The van der Waals surface area contributed by atoms with Gasteiger partial charge in [-0.05, 0) is 26.6 Å². The average molecular weight is 379 g/mol. The third-order valence-electron chi connectivity index (χ3n) is 4.94. The molecule has 28 heavy (non-hydrogen) atoms. The van der Waals surface area contributed by atoms with E-state index in [1.807, 2.05) is 53.7 Å². The van der Waals surface area contributed by atoms with Gasteiger partial charge >= 0.3 is 0 Å². The molecule has 7 nitrogen and oxygen atoms in total. The van der Waals surface area contributed by atoms with Gasteiger partial charge in [-0.15, -0.1) is 0 Å². The Hall–Kier alpha value is -2.93. The maximum absolute atomic E-state index is 12.6. The Labute approximate surface area is 164 Å². The number of hydrogen-bond donors (Lipinski definition) is 0. The molecule has 0 saturated carbocycles. The molecule has 3 aromatic rings. The van der Waals surface area contributed by atoms with Crippen molar-refractivity contribution in [1.82, 2.24) is 24.6 Å². The number of nitrogens with zero attached hydrogens (tertiary/aromatic N) is 5. The SMILES string of the molecule is Cc1cnc(-c2nn(Cc3ccccc3)c3c2CN(C(=O)CN(C)C)CC3)o1. The molecule has 0 fully saturated rings. The predicted octanol–water partition coefficient (Wildman–Crippen LogP) is 2.34. The van der Waals surface area contributed by atoms with Crippen LogP contribution in [-0.2, 0) is 24.3 Å². The van der Waals surface area contributed by atoms with Gasteiger partial charge in [-0.25, -0.2) is 4.98 Å². The van der Waals surface area contributed by atoms with E-state index in [1.165, 1.54) is 5.56 Å². The van der Waals surface area contributed by atoms with Crippen molar-refractivity contribution in [1.29, 1.82) is 0 Å². The standard InChI is InChI=1S/C21H25N5O2/c1-15-11-22-21(28-15)20-17-13-25(19(27)14-24(2)3)10-9-18(17)26(23-20)12-16-7-5-4-6-8-16/h4-8,11H,9-10,12-14H2,1-3H3. The zero-order valence-corrected chi connectivity index (χ0v) is 16.6. The number of aryl methyl sites for hydroxylation is 1. The van der Waals surface area contributed by atoms with E-state index in [9.17, 15) is 4.79 Å². The van der Waals surface area contributed by atoms with Crippen LogP contribution in [0.25, 0.3) is 11.6 Å².